The topological polar surface area (TPSA) is 79.8 Å². The SMILES string of the molecule is Cc1c([C@@H](C)NC(=O)c2ccc(=O)[nH]c2)cnn1-c1ccc(F)cc1F. The first kappa shape index (κ1) is 17.5. The molecule has 2 aromatic heterocycles. The predicted octanol–water partition coefficient (Wildman–Crippen LogP) is 2.64. The summed E-state index contributed by atoms with van der Waals surface area (Å²) in [7, 11) is 0. The molecule has 6 nitrogen and oxygen atoms in total. The van der Waals surface area contributed by atoms with E-state index in [2.05, 4.69) is 15.4 Å². The summed E-state index contributed by atoms with van der Waals surface area (Å²) in [6.45, 7) is 3.49. The van der Waals surface area contributed by atoms with Crippen LogP contribution in [0, 0.1) is 18.6 Å². The zero-order valence-electron chi connectivity index (χ0n) is 14.1. The quantitative estimate of drug-likeness (QED) is 0.752. The molecular weight excluding hydrogens is 342 g/mol. The third-order valence-corrected chi connectivity index (χ3v) is 4.05. The van der Waals surface area contributed by atoms with Crippen LogP contribution in [0.4, 0.5) is 8.78 Å². The van der Waals surface area contributed by atoms with Gasteiger partial charge in [-0.1, -0.05) is 0 Å². The van der Waals surface area contributed by atoms with E-state index in [0.29, 0.717) is 16.8 Å². The number of nitrogens with one attached hydrogen (secondary N) is 2. The Kier molecular flexibility index (Phi) is 4.66. The molecule has 0 aliphatic heterocycles. The first-order valence-corrected chi connectivity index (χ1v) is 7.86. The largest absolute Gasteiger partial charge is 0.345 e. The molecule has 3 aromatic rings. The molecule has 0 fully saturated rings. The fraction of sp³-hybridized carbons (Fsp3) is 0.167. The van der Waals surface area contributed by atoms with Gasteiger partial charge in [0.2, 0.25) is 5.56 Å². The van der Waals surface area contributed by atoms with Gasteiger partial charge in [-0.2, -0.15) is 5.10 Å². The standard InChI is InChI=1S/C18H16F2N4O2/c1-10(23-18(26)12-3-6-17(25)21-8-12)14-9-22-24(11(14)2)16-5-4-13(19)7-15(16)20/h3-10H,1-2H3,(H,21,25)(H,23,26)/t10-/m1/s1. The molecule has 2 heterocycles. The van der Waals surface area contributed by atoms with Gasteiger partial charge < -0.3 is 10.3 Å². The number of aromatic nitrogens is 3. The van der Waals surface area contributed by atoms with E-state index in [-0.39, 0.29) is 17.2 Å². The molecule has 0 aliphatic carbocycles. The van der Waals surface area contributed by atoms with Crippen LogP contribution in [0.15, 0.2) is 47.5 Å². The fourth-order valence-electron chi connectivity index (χ4n) is 2.65. The molecule has 3 rings (SSSR count). The number of aromatic amines is 1. The highest BCUT2D eigenvalue weighted by Crippen LogP contribution is 2.22. The van der Waals surface area contributed by atoms with Crippen LogP contribution in [0.1, 0.15) is 34.6 Å². The minimum atomic E-state index is -0.729. The highest BCUT2D eigenvalue weighted by atomic mass is 19.1. The molecule has 0 aliphatic rings. The van der Waals surface area contributed by atoms with Crippen molar-refractivity contribution < 1.29 is 13.6 Å². The molecule has 1 atom stereocenters. The molecule has 0 spiro atoms. The number of halogens is 2. The number of nitrogens with zero attached hydrogens (tertiary/aromatic N) is 2. The molecule has 1 aromatic carbocycles. The number of hydrogen-bond donors (Lipinski definition) is 2. The second-order valence-electron chi connectivity index (χ2n) is 5.83. The van der Waals surface area contributed by atoms with Gasteiger partial charge in [-0.25, -0.2) is 13.5 Å². The molecular formula is C18H16F2N4O2. The van der Waals surface area contributed by atoms with Crippen molar-refractivity contribution in [2.24, 2.45) is 0 Å². The Morgan fingerprint density at radius 2 is 2.04 bits per heavy atom. The van der Waals surface area contributed by atoms with Crippen molar-refractivity contribution in [3.05, 3.63) is 81.5 Å². The average Bonchev–Trinajstić information content (AvgIpc) is 2.97. The normalized spacial score (nSPS) is 12.0. The Hall–Kier alpha value is -3.29. The van der Waals surface area contributed by atoms with Crippen LogP contribution in [0.2, 0.25) is 0 Å². The molecule has 26 heavy (non-hydrogen) atoms. The van der Waals surface area contributed by atoms with Crippen molar-refractivity contribution in [1.29, 1.82) is 0 Å². The van der Waals surface area contributed by atoms with Crippen molar-refractivity contribution in [3.63, 3.8) is 0 Å². The number of H-pyrrole nitrogens is 1. The Bertz CT molecular complexity index is 1010. The summed E-state index contributed by atoms with van der Waals surface area (Å²) in [4.78, 5) is 25.8. The Balaban J connectivity index is 1.83. The summed E-state index contributed by atoms with van der Waals surface area (Å²) in [6, 6.07) is 5.52. The second kappa shape index (κ2) is 6.91. The van der Waals surface area contributed by atoms with E-state index >= 15 is 0 Å². The van der Waals surface area contributed by atoms with E-state index in [4.69, 9.17) is 0 Å². The summed E-state index contributed by atoms with van der Waals surface area (Å²) in [5.74, 6) is -1.76. The lowest BCUT2D eigenvalue weighted by molar-refractivity contribution is 0.0939. The lowest BCUT2D eigenvalue weighted by atomic mass is 10.1. The molecule has 2 N–H and O–H groups in total. The van der Waals surface area contributed by atoms with Gasteiger partial charge in [0.05, 0.1) is 17.8 Å². The fourth-order valence-corrected chi connectivity index (χ4v) is 2.65. The number of carbonyl (C=O) groups is 1. The Morgan fingerprint density at radius 3 is 2.69 bits per heavy atom. The van der Waals surface area contributed by atoms with E-state index in [1.807, 2.05) is 0 Å². The Labute approximate surface area is 147 Å². The first-order chi connectivity index (χ1) is 12.4. The zero-order valence-corrected chi connectivity index (χ0v) is 14.1. The molecule has 0 saturated heterocycles. The van der Waals surface area contributed by atoms with E-state index in [0.717, 1.165) is 12.1 Å². The van der Waals surface area contributed by atoms with Crippen molar-refractivity contribution in [2.75, 3.05) is 0 Å². The van der Waals surface area contributed by atoms with Crippen molar-refractivity contribution in [2.45, 2.75) is 19.9 Å². The maximum Gasteiger partial charge on any atom is 0.253 e. The van der Waals surface area contributed by atoms with Gasteiger partial charge in [-0.05, 0) is 32.0 Å². The van der Waals surface area contributed by atoms with Gasteiger partial charge >= 0.3 is 0 Å². The number of amides is 1. The summed E-state index contributed by atoms with van der Waals surface area (Å²) < 4.78 is 28.4. The number of hydrogen-bond acceptors (Lipinski definition) is 3. The molecule has 0 unspecified atom stereocenters. The minimum Gasteiger partial charge on any atom is -0.345 e. The van der Waals surface area contributed by atoms with Gasteiger partial charge in [0.15, 0.2) is 5.82 Å². The number of carbonyl (C=O) groups excluding carboxylic acids is 1. The van der Waals surface area contributed by atoms with Crippen molar-refractivity contribution in [3.8, 4) is 5.69 Å². The van der Waals surface area contributed by atoms with Gasteiger partial charge in [0, 0.05) is 29.6 Å². The van der Waals surface area contributed by atoms with Gasteiger partial charge in [-0.15, -0.1) is 0 Å². The van der Waals surface area contributed by atoms with E-state index < -0.39 is 17.7 Å². The molecule has 134 valence electrons. The molecule has 1 amide bonds. The first-order valence-electron chi connectivity index (χ1n) is 7.86. The van der Waals surface area contributed by atoms with Crippen LogP contribution < -0.4 is 10.9 Å². The lowest BCUT2D eigenvalue weighted by Gasteiger charge is -2.14. The van der Waals surface area contributed by atoms with Gasteiger partial charge in [-0.3, -0.25) is 9.59 Å². The second-order valence-corrected chi connectivity index (χ2v) is 5.83. The maximum atomic E-state index is 14.0. The third kappa shape index (κ3) is 3.39. The van der Waals surface area contributed by atoms with E-state index in [9.17, 15) is 18.4 Å². The van der Waals surface area contributed by atoms with Crippen LogP contribution in [0.25, 0.3) is 5.69 Å². The summed E-state index contributed by atoms with van der Waals surface area (Å²) in [5.41, 5.74) is 1.43. The summed E-state index contributed by atoms with van der Waals surface area (Å²) in [6.07, 6.45) is 2.85. The molecule has 8 heteroatoms. The predicted molar refractivity (Wildman–Crippen MR) is 91.2 cm³/mol. The van der Waals surface area contributed by atoms with Crippen LogP contribution >= 0.6 is 0 Å². The summed E-state index contributed by atoms with van der Waals surface area (Å²) in [5, 5.41) is 6.94. The van der Waals surface area contributed by atoms with Crippen LogP contribution in [0.3, 0.4) is 0 Å². The molecule has 0 radical (unpaired) electrons. The zero-order chi connectivity index (χ0) is 18.8. The van der Waals surface area contributed by atoms with Crippen LogP contribution in [-0.4, -0.2) is 20.7 Å². The number of pyridine rings is 1. The van der Waals surface area contributed by atoms with Gasteiger partial charge in [0.1, 0.15) is 11.5 Å². The third-order valence-electron chi connectivity index (χ3n) is 4.05. The van der Waals surface area contributed by atoms with Crippen LogP contribution in [0.5, 0.6) is 0 Å². The smallest absolute Gasteiger partial charge is 0.253 e. The average molecular weight is 358 g/mol. The molecule has 0 saturated carbocycles. The highest BCUT2D eigenvalue weighted by molar-refractivity contribution is 5.94. The van der Waals surface area contributed by atoms with E-state index in [1.165, 1.54) is 35.3 Å². The number of rotatable bonds is 4. The molecule has 0 bridgehead atoms. The lowest BCUT2D eigenvalue weighted by Crippen LogP contribution is -2.27. The monoisotopic (exact) mass is 358 g/mol. The summed E-state index contributed by atoms with van der Waals surface area (Å²) >= 11 is 0. The van der Waals surface area contributed by atoms with Crippen molar-refractivity contribution in [1.82, 2.24) is 20.1 Å². The van der Waals surface area contributed by atoms with Gasteiger partial charge in [0.25, 0.3) is 5.91 Å². The van der Waals surface area contributed by atoms with Crippen LogP contribution in [-0.2, 0) is 0 Å². The maximum absolute atomic E-state index is 14.0. The van der Waals surface area contributed by atoms with E-state index in [1.54, 1.807) is 13.8 Å². The number of benzene rings is 1. The Morgan fingerprint density at radius 1 is 1.27 bits per heavy atom. The minimum absolute atomic E-state index is 0.120. The highest BCUT2D eigenvalue weighted by Gasteiger charge is 2.18. The van der Waals surface area contributed by atoms with Crippen molar-refractivity contribution >= 4 is 5.91 Å².